The van der Waals surface area contributed by atoms with Crippen LogP contribution in [0.1, 0.15) is 48.8 Å². The minimum Gasteiger partial charge on any atom is -0.364 e. The van der Waals surface area contributed by atoms with Crippen molar-refractivity contribution in [2.75, 3.05) is 17.2 Å². The number of hydrogen-bond donors (Lipinski definition) is 4. The molecule has 1 saturated heterocycles. The lowest BCUT2D eigenvalue weighted by Crippen LogP contribution is -2.36. The second-order valence-electron chi connectivity index (χ2n) is 9.58. The molecule has 8 heteroatoms. The van der Waals surface area contributed by atoms with E-state index in [0.29, 0.717) is 18.7 Å². The normalized spacial score (nSPS) is 22.3. The molecule has 162 valence electrons. The summed E-state index contributed by atoms with van der Waals surface area (Å²) in [5.41, 5.74) is 8.09. The Kier molecular flexibility index (Phi) is 5.05. The summed E-state index contributed by atoms with van der Waals surface area (Å²) < 4.78 is 0. The lowest BCUT2D eigenvalue weighted by atomic mass is 9.78. The molecule has 4 rings (SSSR count). The Balaban J connectivity index is 1.52. The first kappa shape index (κ1) is 21.0. The fourth-order valence-corrected chi connectivity index (χ4v) is 4.38. The fraction of sp³-hybridized carbons (Fsp3) is 0.391. The number of carbonyl (C=O) groups excluding carboxylic acids is 3. The van der Waals surface area contributed by atoms with Crippen LogP contribution < -0.4 is 21.7 Å². The van der Waals surface area contributed by atoms with Crippen molar-refractivity contribution in [3.05, 3.63) is 53.3 Å². The van der Waals surface area contributed by atoms with Crippen molar-refractivity contribution in [1.82, 2.24) is 10.3 Å². The summed E-state index contributed by atoms with van der Waals surface area (Å²) in [6.07, 6.45) is 2.65. The smallest absolute Gasteiger partial charge is 0.267 e. The van der Waals surface area contributed by atoms with Crippen molar-refractivity contribution in [3.8, 4) is 0 Å². The lowest BCUT2D eigenvalue weighted by molar-refractivity contribution is -0.120. The Bertz CT molecular complexity index is 1060. The third kappa shape index (κ3) is 4.03. The van der Waals surface area contributed by atoms with Gasteiger partial charge in [0.2, 0.25) is 11.8 Å². The van der Waals surface area contributed by atoms with Gasteiger partial charge in [0.25, 0.3) is 5.91 Å². The van der Waals surface area contributed by atoms with Gasteiger partial charge in [-0.05, 0) is 47.6 Å². The zero-order valence-corrected chi connectivity index (χ0v) is 17.9. The van der Waals surface area contributed by atoms with Crippen molar-refractivity contribution in [3.63, 3.8) is 0 Å². The first-order valence-electron chi connectivity index (χ1n) is 10.3. The molecule has 3 amide bonds. The van der Waals surface area contributed by atoms with Crippen molar-refractivity contribution >= 4 is 29.1 Å². The third-order valence-corrected chi connectivity index (χ3v) is 5.82. The lowest BCUT2D eigenvalue weighted by Gasteiger charge is -2.23. The zero-order chi connectivity index (χ0) is 22.4. The standard InChI is InChI=1S/C23H27N5O3/c1-22(2,3)9-13-4-6-16-15(8-13)23(21(31)28-16)10-18(26-12-23)20(30)27-14-5-7-17(19(24)29)25-11-14/h4-8,11,18,26H,9-10,12H2,1-3H3,(H2,24,29)(H,27,30)(H,28,31). The Labute approximate surface area is 181 Å². The van der Waals surface area contributed by atoms with Crippen molar-refractivity contribution in [2.45, 2.75) is 45.1 Å². The summed E-state index contributed by atoms with van der Waals surface area (Å²) in [6, 6.07) is 8.62. The molecule has 2 unspecified atom stereocenters. The molecule has 2 aliphatic rings. The number of pyridine rings is 1. The molecular formula is C23H27N5O3. The molecule has 2 aliphatic heterocycles. The SMILES string of the molecule is CC(C)(C)Cc1ccc2c(c1)C1(CNC(C(=O)Nc3ccc(C(N)=O)nc3)C1)C(=O)N2. The summed E-state index contributed by atoms with van der Waals surface area (Å²) >= 11 is 0. The molecule has 0 aliphatic carbocycles. The van der Waals surface area contributed by atoms with E-state index in [0.717, 1.165) is 17.7 Å². The van der Waals surface area contributed by atoms with Crippen molar-refractivity contribution < 1.29 is 14.4 Å². The van der Waals surface area contributed by atoms with Gasteiger partial charge in [0.05, 0.1) is 23.3 Å². The Hall–Kier alpha value is -3.26. The predicted molar refractivity (Wildman–Crippen MR) is 118 cm³/mol. The number of primary amides is 1. The average Bonchev–Trinajstić information content (AvgIpc) is 3.25. The van der Waals surface area contributed by atoms with Gasteiger partial charge in [0, 0.05) is 12.2 Å². The molecule has 31 heavy (non-hydrogen) atoms. The number of nitrogens with two attached hydrogens (primary N) is 1. The first-order chi connectivity index (χ1) is 14.6. The van der Waals surface area contributed by atoms with Crippen LogP contribution in [0, 0.1) is 5.41 Å². The summed E-state index contributed by atoms with van der Waals surface area (Å²) in [7, 11) is 0. The van der Waals surface area contributed by atoms with E-state index < -0.39 is 17.4 Å². The summed E-state index contributed by atoms with van der Waals surface area (Å²) in [5, 5.41) is 8.98. The summed E-state index contributed by atoms with van der Waals surface area (Å²) in [6.45, 7) is 6.94. The van der Waals surface area contributed by atoms with Crippen LogP contribution in [0.25, 0.3) is 0 Å². The monoisotopic (exact) mass is 421 g/mol. The highest BCUT2D eigenvalue weighted by molar-refractivity contribution is 6.08. The maximum atomic E-state index is 12.9. The summed E-state index contributed by atoms with van der Waals surface area (Å²) in [4.78, 5) is 40.8. The van der Waals surface area contributed by atoms with Crippen LogP contribution >= 0.6 is 0 Å². The van der Waals surface area contributed by atoms with Crippen LogP contribution in [0.15, 0.2) is 36.5 Å². The number of fused-ring (bicyclic) bond motifs is 2. The van der Waals surface area contributed by atoms with Gasteiger partial charge in [-0.2, -0.15) is 0 Å². The van der Waals surface area contributed by atoms with E-state index in [-0.39, 0.29) is 22.9 Å². The van der Waals surface area contributed by atoms with Gasteiger partial charge in [-0.1, -0.05) is 32.9 Å². The molecule has 3 heterocycles. The Morgan fingerprint density at radius 3 is 2.68 bits per heavy atom. The van der Waals surface area contributed by atoms with Gasteiger partial charge >= 0.3 is 0 Å². The number of nitrogens with zero attached hydrogens (tertiary/aromatic N) is 1. The molecule has 1 fully saturated rings. The van der Waals surface area contributed by atoms with E-state index in [9.17, 15) is 14.4 Å². The number of carbonyl (C=O) groups is 3. The van der Waals surface area contributed by atoms with Gasteiger partial charge in [0.1, 0.15) is 5.69 Å². The van der Waals surface area contributed by atoms with Crippen LogP contribution in [0.2, 0.25) is 0 Å². The average molecular weight is 422 g/mol. The number of anilines is 2. The molecule has 8 nitrogen and oxygen atoms in total. The number of nitrogens with one attached hydrogen (secondary N) is 3. The topological polar surface area (TPSA) is 126 Å². The van der Waals surface area contributed by atoms with E-state index in [2.05, 4.69) is 53.8 Å². The number of benzene rings is 1. The zero-order valence-electron chi connectivity index (χ0n) is 17.9. The molecule has 0 radical (unpaired) electrons. The van der Waals surface area contributed by atoms with E-state index in [4.69, 9.17) is 5.73 Å². The van der Waals surface area contributed by atoms with E-state index >= 15 is 0 Å². The molecule has 1 aromatic heterocycles. The molecule has 1 aromatic carbocycles. The van der Waals surface area contributed by atoms with Crippen molar-refractivity contribution in [2.24, 2.45) is 11.1 Å². The number of amides is 3. The van der Waals surface area contributed by atoms with E-state index in [1.165, 1.54) is 17.8 Å². The molecule has 0 bridgehead atoms. The maximum absolute atomic E-state index is 12.9. The maximum Gasteiger partial charge on any atom is 0.267 e. The number of aromatic nitrogens is 1. The number of rotatable bonds is 4. The molecule has 0 saturated carbocycles. The number of hydrogen-bond acceptors (Lipinski definition) is 5. The quantitative estimate of drug-likeness (QED) is 0.600. The minimum absolute atomic E-state index is 0.0781. The minimum atomic E-state index is -0.765. The van der Waals surface area contributed by atoms with Crippen LogP contribution in [0.3, 0.4) is 0 Å². The van der Waals surface area contributed by atoms with Crippen LogP contribution in [0.5, 0.6) is 0 Å². The fourth-order valence-electron chi connectivity index (χ4n) is 4.38. The molecular weight excluding hydrogens is 394 g/mol. The van der Waals surface area contributed by atoms with E-state index in [1.807, 2.05) is 6.07 Å². The van der Waals surface area contributed by atoms with Crippen LogP contribution in [-0.2, 0) is 21.4 Å². The second kappa shape index (κ2) is 7.46. The van der Waals surface area contributed by atoms with Gasteiger partial charge in [-0.3, -0.25) is 14.4 Å². The van der Waals surface area contributed by atoms with Crippen molar-refractivity contribution in [1.29, 1.82) is 0 Å². The molecule has 1 spiro atoms. The first-order valence-corrected chi connectivity index (χ1v) is 10.3. The highest BCUT2D eigenvalue weighted by Crippen LogP contribution is 2.44. The van der Waals surface area contributed by atoms with Gasteiger partial charge < -0.3 is 21.7 Å². The molecule has 2 aromatic rings. The van der Waals surface area contributed by atoms with Crippen LogP contribution in [-0.4, -0.2) is 35.3 Å². The molecule has 5 N–H and O–H groups in total. The second-order valence-corrected chi connectivity index (χ2v) is 9.58. The predicted octanol–water partition coefficient (Wildman–Crippen LogP) is 1.96. The highest BCUT2D eigenvalue weighted by atomic mass is 16.2. The van der Waals surface area contributed by atoms with Crippen LogP contribution in [0.4, 0.5) is 11.4 Å². The summed E-state index contributed by atoms with van der Waals surface area (Å²) in [5.74, 6) is -0.961. The van der Waals surface area contributed by atoms with E-state index in [1.54, 1.807) is 6.07 Å². The third-order valence-electron chi connectivity index (χ3n) is 5.82. The molecule has 2 atom stereocenters. The van der Waals surface area contributed by atoms with Gasteiger partial charge in [-0.15, -0.1) is 0 Å². The highest BCUT2D eigenvalue weighted by Gasteiger charge is 2.53. The van der Waals surface area contributed by atoms with Gasteiger partial charge in [0.15, 0.2) is 0 Å². The van der Waals surface area contributed by atoms with Gasteiger partial charge in [-0.25, -0.2) is 4.98 Å². The Morgan fingerprint density at radius 2 is 2.03 bits per heavy atom. The Morgan fingerprint density at radius 1 is 1.26 bits per heavy atom. The largest absolute Gasteiger partial charge is 0.364 e.